The lowest BCUT2D eigenvalue weighted by Gasteiger charge is -2.18. The number of ether oxygens (including phenoxy) is 2. The minimum atomic E-state index is -0.377. The average Bonchev–Trinajstić information content (AvgIpc) is 2.86. The average molecular weight is 445 g/mol. The van der Waals surface area contributed by atoms with Crippen molar-refractivity contribution in [2.45, 2.75) is 26.2 Å². The number of esters is 1. The summed E-state index contributed by atoms with van der Waals surface area (Å²) in [5.74, 6) is -0.351. The van der Waals surface area contributed by atoms with Gasteiger partial charge in [-0.25, -0.2) is 10.2 Å². The van der Waals surface area contributed by atoms with Crippen molar-refractivity contribution in [3.8, 4) is 5.75 Å². The van der Waals surface area contributed by atoms with Crippen molar-refractivity contribution in [3.63, 3.8) is 0 Å². The fourth-order valence-corrected chi connectivity index (χ4v) is 3.33. The van der Waals surface area contributed by atoms with Gasteiger partial charge in [0.1, 0.15) is 5.75 Å². The second kappa shape index (κ2) is 12.2. The highest BCUT2D eigenvalue weighted by Gasteiger charge is 2.17. The number of nitrogens with zero attached hydrogens (tertiary/aromatic N) is 1. The summed E-state index contributed by atoms with van der Waals surface area (Å²) >= 11 is 0. The molecule has 3 aromatic rings. The summed E-state index contributed by atoms with van der Waals surface area (Å²) < 4.78 is 10.6. The van der Waals surface area contributed by atoms with Crippen molar-refractivity contribution in [3.05, 3.63) is 102 Å². The second-order valence-electron chi connectivity index (χ2n) is 7.49. The van der Waals surface area contributed by atoms with Crippen LogP contribution in [-0.2, 0) is 9.53 Å². The summed E-state index contributed by atoms with van der Waals surface area (Å²) in [6.45, 7) is 4.01. The lowest BCUT2D eigenvalue weighted by molar-refractivity contribution is -0.123. The van der Waals surface area contributed by atoms with Gasteiger partial charge in [0.25, 0.3) is 5.91 Å². The van der Waals surface area contributed by atoms with E-state index in [2.05, 4.69) is 10.5 Å². The number of hydrogen-bond donors (Lipinski definition) is 1. The number of amides is 1. The Balaban J connectivity index is 1.59. The molecule has 0 heterocycles. The Kier molecular flexibility index (Phi) is 8.77. The van der Waals surface area contributed by atoms with E-state index in [9.17, 15) is 9.59 Å². The van der Waals surface area contributed by atoms with E-state index in [1.807, 2.05) is 74.5 Å². The lowest BCUT2D eigenvalue weighted by atomic mass is 9.88. The first-order valence-corrected chi connectivity index (χ1v) is 10.9. The van der Waals surface area contributed by atoms with Crippen LogP contribution in [-0.4, -0.2) is 30.8 Å². The molecule has 33 heavy (non-hydrogen) atoms. The Labute approximate surface area is 194 Å². The molecule has 0 radical (unpaired) electrons. The summed E-state index contributed by atoms with van der Waals surface area (Å²) in [5, 5.41) is 4.33. The van der Waals surface area contributed by atoms with Gasteiger partial charge in [0.05, 0.1) is 12.2 Å². The number of rotatable bonds is 10. The van der Waals surface area contributed by atoms with E-state index in [-0.39, 0.29) is 24.4 Å². The van der Waals surface area contributed by atoms with Crippen molar-refractivity contribution < 1.29 is 19.1 Å². The van der Waals surface area contributed by atoms with Gasteiger partial charge in [0.15, 0.2) is 6.61 Å². The Bertz CT molecular complexity index is 1020. The molecule has 0 aliphatic rings. The van der Waals surface area contributed by atoms with Crippen molar-refractivity contribution in [1.82, 2.24) is 5.43 Å². The fourth-order valence-electron chi connectivity index (χ4n) is 3.33. The number of hydrazone groups is 1. The maximum atomic E-state index is 12.3. The van der Waals surface area contributed by atoms with E-state index < -0.39 is 0 Å². The summed E-state index contributed by atoms with van der Waals surface area (Å²) in [6, 6.07) is 26.5. The van der Waals surface area contributed by atoms with Crippen LogP contribution in [0.15, 0.2) is 90.0 Å². The molecule has 0 fully saturated rings. The summed E-state index contributed by atoms with van der Waals surface area (Å²) in [6.07, 6.45) is 0.765. The molecule has 170 valence electrons. The van der Waals surface area contributed by atoms with Crippen LogP contribution < -0.4 is 10.2 Å². The van der Waals surface area contributed by atoms with E-state index >= 15 is 0 Å². The summed E-state index contributed by atoms with van der Waals surface area (Å²) in [5.41, 5.74) is 5.96. The van der Waals surface area contributed by atoms with Crippen molar-refractivity contribution in [2.24, 2.45) is 5.10 Å². The van der Waals surface area contributed by atoms with Gasteiger partial charge in [-0.3, -0.25) is 4.79 Å². The number of carbonyl (C=O) groups is 2. The van der Waals surface area contributed by atoms with Crippen LogP contribution in [0, 0.1) is 0 Å². The van der Waals surface area contributed by atoms with Gasteiger partial charge in [-0.2, -0.15) is 5.10 Å². The third kappa shape index (κ3) is 7.04. The van der Waals surface area contributed by atoms with Crippen LogP contribution >= 0.6 is 0 Å². The Hall–Kier alpha value is -3.93. The molecule has 3 aromatic carbocycles. The van der Waals surface area contributed by atoms with Gasteiger partial charge in [0.2, 0.25) is 0 Å². The van der Waals surface area contributed by atoms with Crippen molar-refractivity contribution in [2.75, 3.05) is 13.2 Å². The fraction of sp³-hybridized carbons (Fsp3) is 0.222. The molecule has 1 amide bonds. The third-order valence-electron chi connectivity index (χ3n) is 4.94. The highest BCUT2D eigenvalue weighted by Crippen LogP contribution is 2.26. The van der Waals surface area contributed by atoms with E-state index in [0.29, 0.717) is 17.9 Å². The lowest BCUT2D eigenvalue weighted by Crippen LogP contribution is -2.26. The number of hydrogen-bond acceptors (Lipinski definition) is 5. The molecule has 3 rings (SSSR count). The standard InChI is InChI=1S/C27H28N2O4/c1-3-18-32-27(31)23-14-16-24(17-15-23)33-19-25(30)29-28-20(2)26(21-10-6-4-7-11-21)22-12-8-5-9-13-22/h4-17,26H,3,18-19H2,1-2H3,(H,29,30)/b28-20+. The maximum Gasteiger partial charge on any atom is 0.338 e. The molecule has 0 spiro atoms. The molecule has 6 heteroatoms. The summed E-state index contributed by atoms with van der Waals surface area (Å²) in [7, 11) is 0. The van der Waals surface area contributed by atoms with E-state index in [0.717, 1.165) is 23.3 Å². The van der Waals surface area contributed by atoms with Crippen LogP contribution in [0.4, 0.5) is 0 Å². The number of benzene rings is 3. The molecule has 0 atom stereocenters. The Morgan fingerprint density at radius 3 is 2.00 bits per heavy atom. The van der Waals surface area contributed by atoms with Crippen LogP contribution in [0.5, 0.6) is 5.75 Å². The van der Waals surface area contributed by atoms with Crippen molar-refractivity contribution in [1.29, 1.82) is 0 Å². The van der Waals surface area contributed by atoms with Gasteiger partial charge >= 0.3 is 5.97 Å². The monoisotopic (exact) mass is 444 g/mol. The zero-order valence-corrected chi connectivity index (χ0v) is 18.9. The maximum absolute atomic E-state index is 12.3. The molecule has 6 nitrogen and oxygen atoms in total. The Morgan fingerprint density at radius 2 is 1.45 bits per heavy atom. The molecule has 0 bridgehead atoms. The van der Waals surface area contributed by atoms with Crippen LogP contribution in [0.2, 0.25) is 0 Å². The quantitative estimate of drug-likeness (QED) is 0.272. The predicted octanol–water partition coefficient (Wildman–Crippen LogP) is 4.96. The van der Waals surface area contributed by atoms with Gasteiger partial charge < -0.3 is 9.47 Å². The van der Waals surface area contributed by atoms with Crippen LogP contribution in [0.25, 0.3) is 0 Å². The number of carbonyl (C=O) groups excluding carboxylic acids is 2. The first kappa shape index (κ1) is 23.7. The predicted molar refractivity (Wildman–Crippen MR) is 128 cm³/mol. The second-order valence-corrected chi connectivity index (χ2v) is 7.49. The smallest absolute Gasteiger partial charge is 0.338 e. The SMILES string of the molecule is CCCOC(=O)c1ccc(OCC(=O)N/N=C(\C)C(c2ccccc2)c2ccccc2)cc1. The van der Waals surface area contributed by atoms with Gasteiger partial charge in [-0.1, -0.05) is 67.6 Å². The third-order valence-corrected chi connectivity index (χ3v) is 4.94. The molecule has 0 aliphatic heterocycles. The molecule has 0 unspecified atom stereocenters. The highest BCUT2D eigenvalue weighted by molar-refractivity contribution is 5.93. The minimum absolute atomic E-state index is 0.0753. The molecule has 0 saturated carbocycles. The van der Waals surface area contributed by atoms with Gasteiger partial charge in [-0.15, -0.1) is 0 Å². The first-order valence-electron chi connectivity index (χ1n) is 10.9. The summed E-state index contributed by atoms with van der Waals surface area (Å²) in [4.78, 5) is 24.1. The first-order chi connectivity index (χ1) is 16.1. The zero-order valence-electron chi connectivity index (χ0n) is 18.9. The molecular weight excluding hydrogens is 416 g/mol. The zero-order chi connectivity index (χ0) is 23.5. The molecule has 0 aliphatic carbocycles. The van der Waals surface area contributed by atoms with Gasteiger partial charge in [0, 0.05) is 11.6 Å². The van der Waals surface area contributed by atoms with Crippen LogP contribution in [0.1, 0.15) is 47.7 Å². The number of nitrogens with one attached hydrogen (secondary N) is 1. The molecule has 0 aromatic heterocycles. The molecule has 0 saturated heterocycles. The van der Waals surface area contributed by atoms with E-state index in [4.69, 9.17) is 9.47 Å². The Morgan fingerprint density at radius 1 is 0.879 bits per heavy atom. The normalized spacial score (nSPS) is 11.2. The minimum Gasteiger partial charge on any atom is -0.484 e. The van der Waals surface area contributed by atoms with E-state index in [1.165, 1.54) is 0 Å². The molecule has 1 N–H and O–H groups in total. The topological polar surface area (TPSA) is 77.0 Å². The highest BCUT2D eigenvalue weighted by atomic mass is 16.5. The van der Waals surface area contributed by atoms with E-state index in [1.54, 1.807) is 24.3 Å². The van der Waals surface area contributed by atoms with Gasteiger partial charge in [-0.05, 0) is 48.7 Å². The molecular formula is C27H28N2O4. The largest absolute Gasteiger partial charge is 0.484 e. The van der Waals surface area contributed by atoms with Crippen LogP contribution in [0.3, 0.4) is 0 Å². The van der Waals surface area contributed by atoms with Crippen molar-refractivity contribution >= 4 is 17.6 Å².